The van der Waals surface area contributed by atoms with Gasteiger partial charge in [-0.25, -0.2) is 0 Å². The van der Waals surface area contributed by atoms with Crippen LogP contribution in [0.15, 0.2) is 108 Å². The second kappa shape index (κ2) is 22.3. The standard InChI is InChI=1S/C47H51NO13S2/c1-27(50)55-25-39-45(57-29(3)52)46(58-30(4)53)44(56-28(2)51)38(59-39)22-41(62)48-23-31-10-16-35(17-11-31)47-60-40(26-63-37-20-18-36(54)19-21-37)42(33-8-6-5-7-9-33)43(61-47)34-14-12-32(24-49)13-15-34/h5-21,38-40,42-47,49,54H,22-26H2,1-4H3,(H,48,62). The van der Waals surface area contributed by atoms with Gasteiger partial charge in [0.25, 0.3) is 0 Å². The number of esters is 4. The molecule has 6 rings (SSSR count). The number of carbonyl (C=O) groups excluding carboxylic acids is 4. The molecule has 2 aliphatic rings. The summed E-state index contributed by atoms with van der Waals surface area (Å²) in [4.78, 5) is 49.7. The molecule has 16 heteroatoms. The maximum absolute atomic E-state index is 12.3. The predicted molar refractivity (Wildman–Crippen MR) is 234 cm³/mol. The fourth-order valence-electron chi connectivity index (χ4n) is 7.60. The lowest BCUT2D eigenvalue weighted by atomic mass is 9.84. The van der Waals surface area contributed by atoms with Crippen LogP contribution in [-0.4, -0.2) is 88.1 Å². The molecule has 0 saturated carbocycles. The van der Waals surface area contributed by atoms with E-state index in [9.17, 15) is 29.4 Å². The highest BCUT2D eigenvalue weighted by Gasteiger charge is 2.52. The summed E-state index contributed by atoms with van der Waals surface area (Å²) >= 11 is 7.36. The van der Waals surface area contributed by atoms with E-state index in [1.54, 1.807) is 23.9 Å². The van der Waals surface area contributed by atoms with Crippen LogP contribution in [0.25, 0.3) is 0 Å². The molecular formula is C47H51NO13S2. The van der Waals surface area contributed by atoms with Gasteiger partial charge in [-0.05, 0) is 46.5 Å². The van der Waals surface area contributed by atoms with Crippen LogP contribution in [0.1, 0.15) is 80.2 Å². The number of phenols is 1. The van der Waals surface area contributed by atoms with Crippen LogP contribution in [0.2, 0.25) is 0 Å². The van der Waals surface area contributed by atoms with Crippen molar-refractivity contribution in [2.45, 2.75) is 107 Å². The minimum atomic E-state index is -1.29. The molecule has 9 unspecified atom stereocenters. The number of nitrogens with one attached hydrogen (secondary N) is 1. The number of rotatable bonds is 16. The number of phenolic OH excluding ortho intramolecular Hbond substituents is 1. The lowest BCUT2D eigenvalue weighted by molar-refractivity contribution is -0.255. The van der Waals surface area contributed by atoms with E-state index >= 15 is 0 Å². The van der Waals surface area contributed by atoms with Crippen molar-refractivity contribution < 1.29 is 62.5 Å². The minimum Gasteiger partial charge on any atom is -0.508 e. The molecule has 14 nitrogen and oxygen atoms in total. The van der Waals surface area contributed by atoms with Gasteiger partial charge in [0.2, 0.25) is 0 Å². The van der Waals surface area contributed by atoms with Crippen molar-refractivity contribution in [2.24, 2.45) is 0 Å². The third-order valence-corrected chi connectivity index (χ3v) is 11.8. The molecule has 2 aliphatic heterocycles. The van der Waals surface area contributed by atoms with Crippen LogP contribution in [0, 0.1) is 0 Å². The zero-order valence-electron chi connectivity index (χ0n) is 35.2. The molecule has 0 radical (unpaired) electrons. The summed E-state index contributed by atoms with van der Waals surface area (Å²) in [5.74, 6) is -2.14. The maximum Gasteiger partial charge on any atom is 0.303 e. The van der Waals surface area contributed by atoms with Crippen LogP contribution in [-0.2, 0) is 65.5 Å². The summed E-state index contributed by atoms with van der Waals surface area (Å²) in [6.07, 6.45) is -7.27. The molecule has 4 aromatic carbocycles. The summed E-state index contributed by atoms with van der Waals surface area (Å²) in [5.41, 5.74) is 4.46. The Balaban J connectivity index is 1.19. The second-order valence-corrected chi connectivity index (χ2v) is 16.8. The third kappa shape index (κ3) is 13.1. The van der Waals surface area contributed by atoms with E-state index in [1.165, 1.54) is 20.8 Å². The average Bonchev–Trinajstić information content (AvgIpc) is 3.26. The molecule has 63 heavy (non-hydrogen) atoms. The second-order valence-electron chi connectivity index (χ2n) is 15.2. The van der Waals surface area contributed by atoms with E-state index in [-0.39, 0.29) is 37.4 Å². The molecule has 3 N–H and O–H groups in total. The van der Waals surface area contributed by atoms with Gasteiger partial charge in [0.15, 0.2) is 24.6 Å². The number of hydrogen-bond acceptors (Lipinski definition) is 15. The fourth-order valence-corrected chi connectivity index (χ4v) is 8.81. The van der Waals surface area contributed by atoms with Gasteiger partial charge < -0.3 is 48.7 Å². The monoisotopic (exact) mass is 901 g/mol. The molecule has 0 aromatic heterocycles. The van der Waals surface area contributed by atoms with E-state index in [0.29, 0.717) is 17.3 Å². The van der Waals surface area contributed by atoms with Gasteiger partial charge >= 0.3 is 23.9 Å². The molecule has 0 spiro atoms. The zero-order chi connectivity index (χ0) is 45.0. The van der Waals surface area contributed by atoms with E-state index in [4.69, 9.17) is 45.4 Å². The van der Waals surface area contributed by atoms with Gasteiger partial charge in [-0.1, -0.05) is 91.1 Å². The Morgan fingerprint density at radius 2 is 1.24 bits per heavy atom. The summed E-state index contributed by atoms with van der Waals surface area (Å²) in [5, 5.41) is 22.9. The number of aliphatic hydroxyl groups excluding tert-OH is 1. The lowest BCUT2D eigenvalue weighted by Gasteiger charge is -2.44. The molecule has 334 valence electrons. The smallest absolute Gasteiger partial charge is 0.303 e. The van der Waals surface area contributed by atoms with Crippen LogP contribution < -0.4 is 5.32 Å². The predicted octanol–water partition coefficient (Wildman–Crippen LogP) is 6.55. The number of ether oxygens (including phenoxy) is 7. The Labute approximate surface area is 375 Å². The highest BCUT2D eigenvalue weighted by molar-refractivity contribution is 7.99. The van der Waals surface area contributed by atoms with E-state index < -0.39 is 66.8 Å². The van der Waals surface area contributed by atoms with Crippen molar-refractivity contribution in [1.82, 2.24) is 5.32 Å². The molecule has 0 bridgehead atoms. The van der Waals surface area contributed by atoms with Crippen LogP contribution >= 0.6 is 24.0 Å². The first-order valence-corrected chi connectivity index (χ1v) is 21.8. The Morgan fingerprint density at radius 1 is 0.651 bits per heavy atom. The molecule has 2 saturated heterocycles. The van der Waals surface area contributed by atoms with Gasteiger partial charge in [-0.15, -0.1) is 11.8 Å². The molecule has 2 heterocycles. The highest BCUT2D eigenvalue weighted by Crippen LogP contribution is 2.48. The molecule has 4 aromatic rings. The van der Waals surface area contributed by atoms with E-state index in [2.05, 4.69) is 17.4 Å². The topological polar surface area (TPSA) is 185 Å². The first-order valence-electron chi connectivity index (χ1n) is 20.4. The van der Waals surface area contributed by atoms with Crippen molar-refractivity contribution in [3.05, 3.63) is 131 Å². The molecule has 0 aliphatic carbocycles. The normalized spacial score (nSPS) is 24.4. The first-order chi connectivity index (χ1) is 30.3. The zero-order valence-corrected chi connectivity index (χ0v) is 36.9. The summed E-state index contributed by atoms with van der Waals surface area (Å²) in [6, 6.07) is 32.7. The number of hydrogen-bond donors (Lipinski definition) is 3. The summed E-state index contributed by atoms with van der Waals surface area (Å²) in [7, 11) is 0. The van der Waals surface area contributed by atoms with Crippen LogP contribution in [0.4, 0.5) is 0 Å². The fraction of sp³-hybridized carbons (Fsp3) is 0.383. The average molecular weight is 902 g/mol. The summed E-state index contributed by atoms with van der Waals surface area (Å²) in [6.45, 7) is 4.62. The minimum absolute atomic E-state index is 0.00302. The quantitative estimate of drug-likeness (QED) is 0.0476. The SMILES string of the molecule is CC(=O)OCC1OC(CC(=S)NCc2ccc(C3OC(CSc4ccc(O)cc4)C(c4ccccc4)C(c4ccc(CO)cc4)O3)cc2)C(OC(C)=O)C(OC(C)=O)C1OC(C)=O. The number of benzene rings is 4. The van der Waals surface area contributed by atoms with Crippen LogP contribution in [0.5, 0.6) is 5.75 Å². The Hall–Kier alpha value is -5.36. The highest BCUT2D eigenvalue weighted by atomic mass is 32.2. The Bertz CT molecular complexity index is 2170. The van der Waals surface area contributed by atoms with Gasteiger partial charge in [0.1, 0.15) is 24.6 Å². The molecule has 0 amide bonds. The van der Waals surface area contributed by atoms with E-state index in [1.807, 2.05) is 78.9 Å². The van der Waals surface area contributed by atoms with Gasteiger partial charge in [-0.2, -0.15) is 0 Å². The number of thioether (sulfide) groups is 1. The van der Waals surface area contributed by atoms with Crippen molar-refractivity contribution >= 4 is 52.8 Å². The van der Waals surface area contributed by atoms with Crippen molar-refractivity contribution in [3.63, 3.8) is 0 Å². The number of aliphatic hydroxyl groups is 1. The lowest BCUT2D eigenvalue weighted by Crippen LogP contribution is -2.62. The third-order valence-electron chi connectivity index (χ3n) is 10.4. The van der Waals surface area contributed by atoms with Crippen molar-refractivity contribution in [3.8, 4) is 5.75 Å². The van der Waals surface area contributed by atoms with Crippen LogP contribution in [0.3, 0.4) is 0 Å². The largest absolute Gasteiger partial charge is 0.508 e. The van der Waals surface area contributed by atoms with Gasteiger partial charge in [-0.3, -0.25) is 19.2 Å². The van der Waals surface area contributed by atoms with Gasteiger partial charge in [0, 0.05) is 62.8 Å². The van der Waals surface area contributed by atoms with Crippen molar-refractivity contribution in [1.29, 1.82) is 0 Å². The molecular weight excluding hydrogens is 851 g/mol. The number of carbonyl (C=O) groups is 4. The first kappa shape index (κ1) is 47.1. The number of aromatic hydroxyl groups is 1. The van der Waals surface area contributed by atoms with Crippen molar-refractivity contribution in [2.75, 3.05) is 12.4 Å². The van der Waals surface area contributed by atoms with E-state index in [0.717, 1.165) is 39.6 Å². The Morgan fingerprint density at radius 3 is 1.84 bits per heavy atom. The Kier molecular flexibility index (Phi) is 16.7. The molecule has 9 atom stereocenters. The summed E-state index contributed by atoms with van der Waals surface area (Å²) < 4.78 is 41.7. The molecule has 2 fully saturated rings. The van der Waals surface area contributed by atoms with Gasteiger partial charge in [0.05, 0.1) is 23.8 Å². The maximum atomic E-state index is 12.3. The number of thiocarbonyl (C=S) groups is 1.